The van der Waals surface area contributed by atoms with E-state index in [1.807, 2.05) is 0 Å². The first-order valence-electron chi connectivity index (χ1n) is 6.14. The summed E-state index contributed by atoms with van der Waals surface area (Å²) >= 11 is 0. The SMILES string of the molecule is Cc1ccc(CN2CCC(C(N)=O)C2)cc1C. The molecule has 1 atom stereocenters. The lowest BCUT2D eigenvalue weighted by Crippen LogP contribution is -2.27. The number of aryl methyl sites for hydroxylation is 2. The molecule has 1 unspecified atom stereocenters. The zero-order chi connectivity index (χ0) is 12.4. The summed E-state index contributed by atoms with van der Waals surface area (Å²) in [6, 6.07) is 6.55. The van der Waals surface area contributed by atoms with Crippen LogP contribution in [0.4, 0.5) is 0 Å². The van der Waals surface area contributed by atoms with Gasteiger partial charge in [-0.15, -0.1) is 0 Å². The molecule has 17 heavy (non-hydrogen) atoms. The highest BCUT2D eigenvalue weighted by Crippen LogP contribution is 2.19. The van der Waals surface area contributed by atoms with Crippen molar-refractivity contribution in [3.8, 4) is 0 Å². The van der Waals surface area contributed by atoms with Crippen molar-refractivity contribution in [1.82, 2.24) is 4.90 Å². The standard InChI is InChI=1S/C14H20N2O/c1-10-3-4-12(7-11(10)2)8-16-6-5-13(9-16)14(15)17/h3-4,7,13H,5-6,8-9H2,1-2H3,(H2,15,17). The van der Waals surface area contributed by atoms with Gasteiger partial charge in [-0.3, -0.25) is 9.69 Å². The average molecular weight is 232 g/mol. The number of carbonyl (C=O) groups excluding carboxylic acids is 1. The molecule has 1 aliphatic rings. The van der Waals surface area contributed by atoms with Crippen molar-refractivity contribution in [3.05, 3.63) is 34.9 Å². The third-order valence-corrected chi connectivity index (χ3v) is 3.65. The number of rotatable bonds is 3. The number of carbonyl (C=O) groups is 1. The second kappa shape index (κ2) is 4.88. The molecule has 1 saturated heterocycles. The summed E-state index contributed by atoms with van der Waals surface area (Å²) in [6.45, 7) is 6.96. The maximum atomic E-state index is 11.1. The molecule has 1 amide bonds. The number of nitrogens with two attached hydrogens (primary N) is 1. The number of hydrogen-bond donors (Lipinski definition) is 1. The van der Waals surface area contributed by atoms with Crippen molar-refractivity contribution < 1.29 is 4.79 Å². The highest BCUT2D eigenvalue weighted by molar-refractivity contribution is 5.77. The van der Waals surface area contributed by atoms with Crippen LogP contribution >= 0.6 is 0 Å². The number of nitrogens with zero attached hydrogens (tertiary/aromatic N) is 1. The van der Waals surface area contributed by atoms with E-state index in [9.17, 15) is 4.79 Å². The van der Waals surface area contributed by atoms with E-state index in [0.29, 0.717) is 0 Å². The van der Waals surface area contributed by atoms with E-state index >= 15 is 0 Å². The molecule has 0 aliphatic carbocycles. The van der Waals surface area contributed by atoms with Crippen LogP contribution in [0.3, 0.4) is 0 Å². The number of hydrogen-bond acceptors (Lipinski definition) is 2. The van der Waals surface area contributed by atoms with Gasteiger partial charge >= 0.3 is 0 Å². The number of likely N-dealkylation sites (tertiary alicyclic amines) is 1. The smallest absolute Gasteiger partial charge is 0.221 e. The molecule has 0 saturated carbocycles. The van der Waals surface area contributed by atoms with Crippen LogP contribution in [-0.4, -0.2) is 23.9 Å². The Morgan fingerprint density at radius 2 is 2.18 bits per heavy atom. The molecular formula is C14H20N2O. The van der Waals surface area contributed by atoms with Crippen molar-refractivity contribution in [2.45, 2.75) is 26.8 Å². The largest absolute Gasteiger partial charge is 0.369 e. The maximum Gasteiger partial charge on any atom is 0.221 e. The first-order chi connectivity index (χ1) is 8.06. The van der Waals surface area contributed by atoms with Gasteiger partial charge in [0.05, 0.1) is 5.92 Å². The third-order valence-electron chi connectivity index (χ3n) is 3.65. The Balaban J connectivity index is 1.98. The van der Waals surface area contributed by atoms with E-state index in [2.05, 4.69) is 36.9 Å². The first-order valence-corrected chi connectivity index (χ1v) is 6.14. The Morgan fingerprint density at radius 1 is 1.41 bits per heavy atom. The minimum absolute atomic E-state index is 0.0431. The van der Waals surface area contributed by atoms with E-state index < -0.39 is 0 Å². The van der Waals surface area contributed by atoms with Crippen LogP contribution in [0, 0.1) is 19.8 Å². The summed E-state index contributed by atoms with van der Waals surface area (Å²) in [5.41, 5.74) is 9.30. The Kier molecular flexibility index (Phi) is 3.48. The molecule has 2 N–H and O–H groups in total. The predicted molar refractivity (Wildman–Crippen MR) is 68.5 cm³/mol. The van der Waals surface area contributed by atoms with Crippen molar-refractivity contribution in [2.24, 2.45) is 11.7 Å². The van der Waals surface area contributed by atoms with Gasteiger partial charge < -0.3 is 5.73 Å². The number of benzene rings is 1. The van der Waals surface area contributed by atoms with Crippen LogP contribution in [0.1, 0.15) is 23.1 Å². The van der Waals surface area contributed by atoms with Crippen molar-refractivity contribution in [1.29, 1.82) is 0 Å². The van der Waals surface area contributed by atoms with Gasteiger partial charge in [-0.1, -0.05) is 18.2 Å². The Hall–Kier alpha value is -1.35. The zero-order valence-corrected chi connectivity index (χ0v) is 10.6. The molecule has 2 rings (SSSR count). The van der Waals surface area contributed by atoms with Gasteiger partial charge in [0.15, 0.2) is 0 Å². The van der Waals surface area contributed by atoms with Gasteiger partial charge in [-0.2, -0.15) is 0 Å². The fourth-order valence-corrected chi connectivity index (χ4v) is 2.37. The zero-order valence-electron chi connectivity index (χ0n) is 10.6. The lowest BCUT2D eigenvalue weighted by Gasteiger charge is -2.16. The Bertz CT molecular complexity index is 428. The van der Waals surface area contributed by atoms with E-state index in [-0.39, 0.29) is 11.8 Å². The summed E-state index contributed by atoms with van der Waals surface area (Å²) in [7, 11) is 0. The molecule has 1 fully saturated rings. The topological polar surface area (TPSA) is 46.3 Å². The minimum atomic E-state index is -0.160. The monoisotopic (exact) mass is 232 g/mol. The lowest BCUT2D eigenvalue weighted by molar-refractivity contribution is -0.121. The van der Waals surface area contributed by atoms with Crippen molar-refractivity contribution in [2.75, 3.05) is 13.1 Å². The fraction of sp³-hybridized carbons (Fsp3) is 0.500. The van der Waals surface area contributed by atoms with Gasteiger partial charge in [0.2, 0.25) is 5.91 Å². The Labute approximate surface area is 103 Å². The summed E-state index contributed by atoms with van der Waals surface area (Å²) in [5.74, 6) is -0.117. The second-order valence-electron chi connectivity index (χ2n) is 5.04. The molecule has 1 aromatic rings. The molecule has 0 radical (unpaired) electrons. The first kappa shape index (κ1) is 12.1. The molecule has 3 heteroatoms. The third kappa shape index (κ3) is 2.86. The van der Waals surface area contributed by atoms with E-state index in [1.165, 1.54) is 16.7 Å². The van der Waals surface area contributed by atoms with Crippen molar-refractivity contribution in [3.63, 3.8) is 0 Å². The van der Waals surface area contributed by atoms with Gasteiger partial charge in [0.25, 0.3) is 0 Å². The molecule has 1 heterocycles. The molecule has 1 aromatic carbocycles. The minimum Gasteiger partial charge on any atom is -0.369 e. The molecule has 0 bridgehead atoms. The molecule has 0 spiro atoms. The fourth-order valence-electron chi connectivity index (χ4n) is 2.37. The van der Waals surface area contributed by atoms with Crippen LogP contribution < -0.4 is 5.73 Å². The number of amides is 1. The van der Waals surface area contributed by atoms with Crippen LogP contribution in [0.2, 0.25) is 0 Å². The number of primary amides is 1. The van der Waals surface area contributed by atoms with E-state index in [1.54, 1.807) is 0 Å². The average Bonchev–Trinajstić information content (AvgIpc) is 2.72. The Morgan fingerprint density at radius 3 is 2.76 bits per heavy atom. The molecule has 92 valence electrons. The predicted octanol–water partition coefficient (Wildman–Crippen LogP) is 1.61. The van der Waals surface area contributed by atoms with Crippen LogP contribution in [-0.2, 0) is 11.3 Å². The van der Waals surface area contributed by atoms with E-state index in [4.69, 9.17) is 5.73 Å². The normalized spacial score (nSPS) is 20.7. The lowest BCUT2D eigenvalue weighted by atomic mass is 10.1. The summed E-state index contributed by atoms with van der Waals surface area (Å²) in [6.07, 6.45) is 0.903. The second-order valence-corrected chi connectivity index (χ2v) is 5.04. The van der Waals surface area contributed by atoms with Crippen LogP contribution in [0.15, 0.2) is 18.2 Å². The van der Waals surface area contributed by atoms with Gasteiger partial charge in [-0.05, 0) is 43.5 Å². The molecule has 1 aliphatic heterocycles. The van der Waals surface area contributed by atoms with Crippen LogP contribution in [0.5, 0.6) is 0 Å². The highest BCUT2D eigenvalue weighted by Gasteiger charge is 2.26. The maximum absolute atomic E-state index is 11.1. The quantitative estimate of drug-likeness (QED) is 0.860. The van der Waals surface area contributed by atoms with Gasteiger partial charge in [0.1, 0.15) is 0 Å². The highest BCUT2D eigenvalue weighted by atomic mass is 16.1. The molecule has 3 nitrogen and oxygen atoms in total. The van der Waals surface area contributed by atoms with E-state index in [0.717, 1.165) is 26.1 Å². The van der Waals surface area contributed by atoms with Crippen molar-refractivity contribution >= 4 is 5.91 Å². The van der Waals surface area contributed by atoms with Gasteiger partial charge in [0, 0.05) is 13.1 Å². The molecule has 0 aromatic heterocycles. The summed E-state index contributed by atoms with van der Waals surface area (Å²) in [5, 5.41) is 0. The van der Waals surface area contributed by atoms with Crippen LogP contribution in [0.25, 0.3) is 0 Å². The summed E-state index contributed by atoms with van der Waals surface area (Å²) in [4.78, 5) is 13.4. The molecular weight excluding hydrogens is 212 g/mol. The van der Waals surface area contributed by atoms with Gasteiger partial charge in [-0.25, -0.2) is 0 Å². The summed E-state index contributed by atoms with van der Waals surface area (Å²) < 4.78 is 0.